The zero-order valence-corrected chi connectivity index (χ0v) is 17.8. The molecule has 1 aromatic heterocycles. The van der Waals surface area contributed by atoms with Gasteiger partial charge in [-0.3, -0.25) is 19.3 Å². The maximum absolute atomic E-state index is 12.5. The third kappa shape index (κ3) is 4.17. The van der Waals surface area contributed by atoms with E-state index in [4.69, 9.17) is 23.2 Å². The van der Waals surface area contributed by atoms with E-state index in [9.17, 15) is 14.4 Å². The molecule has 2 fully saturated rings. The Morgan fingerprint density at radius 3 is 2.55 bits per heavy atom. The van der Waals surface area contributed by atoms with Crippen LogP contribution in [0.15, 0.2) is 24.4 Å². The number of carbonyl (C=O) groups excluding carboxylic acids is 3. The maximum atomic E-state index is 12.5. The van der Waals surface area contributed by atoms with Crippen molar-refractivity contribution in [3.8, 4) is 0 Å². The minimum Gasteiger partial charge on any atom is -0.300 e. The van der Waals surface area contributed by atoms with E-state index in [1.54, 1.807) is 12.3 Å². The number of halogens is 2. The summed E-state index contributed by atoms with van der Waals surface area (Å²) in [4.78, 5) is 43.6. The minimum absolute atomic E-state index is 0.217. The molecule has 0 bridgehead atoms. The molecule has 1 aromatic carbocycles. The summed E-state index contributed by atoms with van der Waals surface area (Å²) in [5.41, 5.74) is 0.872. The van der Waals surface area contributed by atoms with Gasteiger partial charge in [0.15, 0.2) is 5.13 Å². The molecular formula is C20H19Cl2N3O3S. The van der Waals surface area contributed by atoms with Crippen LogP contribution in [-0.4, -0.2) is 34.2 Å². The lowest BCUT2D eigenvalue weighted by molar-refractivity contribution is -0.142. The van der Waals surface area contributed by atoms with E-state index in [0.717, 1.165) is 41.0 Å². The van der Waals surface area contributed by atoms with Gasteiger partial charge in [0.2, 0.25) is 17.7 Å². The Bertz CT molecular complexity index is 954. The number of anilines is 1. The average Bonchev–Trinajstić information content (AvgIpc) is 3.24. The van der Waals surface area contributed by atoms with Crippen LogP contribution in [0.2, 0.25) is 10.0 Å². The number of hydrogen-bond acceptors (Lipinski definition) is 5. The number of fused-ring (bicyclic) bond motifs is 1. The van der Waals surface area contributed by atoms with Crippen LogP contribution in [0.3, 0.4) is 0 Å². The molecule has 2 aliphatic rings. The molecule has 0 unspecified atom stereocenters. The van der Waals surface area contributed by atoms with Gasteiger partial charge >= 0.3 is 0 Å². The predicted octanol–water partition coefficient (Wildman–Crippen LogP) is 4.15. The molecule has 2 atom stereocenters. The van der Waals surface area contributed by atoms with Crippen LogP contribution in [-0.2, 0) is 20.8 Å². The summed E-state index contributed by atoms with van der Waals surface area (Å²) < 4.78 is 0. The van der Waals surface area contributed by atoms with Gasteiger partial charge in [0.25, 0.3) is 0 Å². The molecule has 1 saturated heterocycles. The molecule has 2 aromatic rings. The molecule has 152 valence electrons. The second-order valence-corrected chi connectivity index (χ2v) is 9.23. The van der Waals surface area contributed by atoms with Crippen molar-refractivity contribution >= 4 is 57.4 Å². The normalized spacial score (nSPS) is 21.4. The number of nitrogens with one attached hydrogen (secondary N) is 1. The van der Waals surface area contributed by atoms with Crippen molar-refractivity contribution in [3.63, 3.8) is 0 Å². The molecule has 9 heteroatoms. The smallest absolute Gasteiger partial charge is 0.246 e. The molecule has 0 spiro atoms. The van der Waals surface area contributed by atoms with Crippen molar-refractivity contribution in [2.24, 2.45) is 11.8 Å². The molecule has 1 aliphatic carbocycles. The van der Waals surface area contributed by atoms with Crippen molar-refractivity contribution in [1.29, 1.82) is 0 Å². The summed E-state index contributed by atoms with van der Waals surface area (Å²) >= 11 is 13.6. The third-order valence-corrected chi connectivity index (χ3v) is 7.20. The highest BCUT2D eigenvalue weighted by molar-refractivity contribution is 7.15. The summed E-state index contributed by atoms with van der Waals surface area (Å²) in [7, 11) is 0. The van der Waals surface area contributed by atoms with Gasteiger partial charge in [-0.05, 0) is 24.5 Å². The highest BCUT2D eigenvalue weighted by Gasteiger charge is 2.48. The first-order valence-electron chi connectivity index (χ1n) is 9.46. The Balaban J connectivity index is 1.38. The number of nitrogens with zero attached hydrogens (tertiary/aromatic N) is 2. The Kier molecular flexibility index (Phi) is 5.90. The van der Waals surface area contributed by atoms with Gasteiger partial charge in [0, 0.05) is 17.5 Å². The number of rotatable bonds is 5. The van der Waals surface area contributed by atoms with Crippen LogP contribution in [0.5, 0.6) is 0 Å². The van der Waals surface area contributed by atoms with Crippen LogP contribution in [0, 0.1) is 11.8 Å². The summed E-state index contributed by atoms with van der Waals surface area (Å²) in [6.07, 6.45) is 5.58. The summed E-state index contributed by atoms with van der Waals surface area (Å²) in [6, 6.07) is 5.44. The fraction of sp³-hybridized carbons (Fsp3) is 0.400. The number of carbonyl (C=O) groups is 3. The maximum Gasteiger partial charge on any atom is 0.246 e. The molecule has 4 rings (SSSR count). The molecule has 1 saturated carbocycles. The summed E-state index contributed by atoms with van der Waals surface area (Å²) in [6.45, 7) is -0.264. The van der Waals surface area contributed by atoms with Crippen LogP contribution >= 0.6 is 34.5 Å². The molecular weight excluding hydrogens is 433 g/mol. The number of imide groups is 1. The van der Waals surface area contributed by atoms with Crippen molar-refractivity contribution in [2.75, 3.05) is 11.9 Å². The van der Waals surface area contributed by atoms with Gasteiger partial charge in [0.1, 0.15) is 6.54 Å². The van der Waals surface area contributed by atoms with Gasteiger partial charge < -0.3 is 5.32 Å². The van der Waals surface area contributed by atoms with Crippen molar-refractivity contribution in [3.05, 3.63) is 44.9 Å². The molecule has 1 aliphatic heterocycles. The lowest BCUT2D eigenvalue weighted by atomic mass is 9.81. The SMILES string of the molecule is O=C(CN1C(=O)[C@H]2CCCC[C@H]2C1=O)Nc1ncc(Cc2cccc(Cl)c2Cl)s1. The fourth-order valence-corrected chi connectivity index (χ4v) is 5.25. The van der Waals surface area contributed by atoms with Gasteiger partial charge in [0.05, 0.1) is 21.9 Å². The van der Waals surface area contributed by atoms with E-state index >= 15 is 0 Å². The van der Waals surface area contributed by atoms with E-state index in [2.05, 4.69) is 10.3 Å². The number of likely N-dealkylation sites (tertiary alicyclic amines) is 1. The minimum atomic E-state index is -0.424. The standard InChI is InChI=1S/C20H19Cl2N3O3S/c21-15-7-3-4-11(17(15)22)8-12-9-23-20(29-12)24-16(26)10-25-18(27)13-5-1-2-6-14(13)19(25)28/h3-4,7,9,13-14H,1-2,5-6,8,10H2,(H,23,24,26)/t13-,14+. The zero-order valence-electron chi connectivity index (χ0n) is 15.5. The highest BCUT2D eigenvalue weighted by Crippen LogP contribution is 2.38. The van der Waals surface area contributed by atoms with Crippen molar-refractivity contribution in [1.82, 2.24) is 9.88 Å². The molecule has 1 N–H and O–H groups in total. The fourth-order valence-electron chi connectivity index (χ4n) is 4.01. The lowest BCUT2D eigenvalue weighted by Crippen LogP contribution is -2.38. The molecule has 6 nitrogen and oxygen atoms in total. The quantitative estimate of drug-likeness (QED) is 0.692. The van der Waals surface area contributed by atoms with Crippen LogP contribution in [0.25, 0.3) is 0 Å². The Labute approximate surface area is 182 Å². The Morgan fingerprint density at radius 2 is 1.86 bits per heavy atom. The van der Waals surface area contributed by atoms with E-state index in [1.807, 2.05) is 12.1 Å². The molecule has 0 radical (unpaired) electrons. The Morgan fingerprint density at radius 1 is 1.17 bits per heavy atom. The van der Waals surface area contributed by atoms with Crippen molar-refractivity contribution in [2.45, 2.75) is 32.1 Å². The van der Waals surface area contributed by atoms with E-state index in [0.29, 0.717) is 21.6 Å². The van der Waals surface area contributed by atoms with Gasteiger partial charge in [-0.1, -0.05) is 48.2 Å². The van der Waals surface area contributed by atoms with E-state index < -0.39 is 5.91 Å². The number of benzene rings is 1. The van der Waals surface area contributed by atoms with E-state index in [1.165, 1.54) is 11.3 Å². The van der Waals surface area contributed by atoms with Gasteiger partial charge in [-0.2, -0.15) is 0 Å². The first-order valence-corrected chi connectivity index (χ1v) is 11.0. The van der Waals surface area contributed by atoms with Crippen molar-refractivity contribution < 1.29 is 14.4 Å². The Hall–Kier alpha value is -1.96. The van der Waals surface area contributed by atoms with Gasteiger partial charge in [-0.25, -0.2) is 4.98 Å². The number of aromatic nitrogens is 1. The monoisotopic (exact) mass is 451 g/mol. The second kappa shape index (κ2) is 8.42. The third-order valence-electron chi connectivity index (χ3n) is 5.43. The lowest BCUT2D eigenvalue weighted by Gasteiger charge is -2.19. The summed E-state index contributed by atoms with van der Waals surface area (Å²) in [5, 5.41) is 4.09. The second-order valence-electron chi connectivity index (χ2n) is 7.33. The summed E-state index contributed by atoms with van der Waals surface area (Å²) in [5.74, 6) is -1.36. The first-order chi connectivity index (χ1) is 13.9. The largest absolute Gasteiger partial charge is 0.300 e. The van der Waals surface area contributed by atoms with E-state index in [-0.39, 0.29) is 30.2 Å². The highest BCUT2D eigenvalue weighted by atomic mass is 35.5. The predicted molar refractivity (Wildman–Crippen MR) is 112 cm³/mol. The molecule has 3 amide bonds. The first kappa shape index (κ1) is 20.3. The van der Waals surface area contributed by atoms with Gasteiger partial charge in [-0.15, -0.1) is 11.3 Å². The molecule has 2 heterocycles. The van der Waals surface area contributed by atoms with Crippen LogP contribution in [0.4, 0.5) is 5.13 Å². The number of thiazole rings is 1. The molecule has 29 heavy (non-hydrogen) atoms. The average molecular weight is 452 g/mol. The van der Waals surface area contributed by atoms with Crippen LogP contribution in [0.1, 0.15) is 36.1 Å². The zero-order chi connectivity index (χ0) is 20.5. The number of hydrogen-bond donors (Lipinski definition) is 1. The number of amides is 3. The topological polar surface area (TPSA) is 79.4 Å². The van der Waals surface area contributed by atoms with Crippen LogP contribution < -0.4 is 5.32 Å².